The highest BCUT2D eigenvalue weighted by Gasteiger charge is 2.13. The summed E-state index contributed by atoms with van der Waals surface area (Å²) in [5.41, 5.74) is 2.63. The maximum Gasteiger partial charge on any atom is 0.255 e. The molecule has 1 heterocycles. The zero-order valence-electron chi connectivity index (χ0n) is 10.9. The van der Waals surface area contributed by atoms with Gasteiger partial charge in [-0.05, 0) is 30.4 Å². The molecule has 18 heavy (non-hydrogen) atoms. The third-order valence-corrected chi connectivity index (χ3v) is 3.39. The molecule has 2 aromatic rings. The number of nitrogens with zero attached hydrogens (tertiary/aromatic N) is 2. The highest BCUT2D eigenvalue weighted by Crippen LogP contribution is 2.21. The van der Waals surface area contributed by atoms with Crippen LogP contribution in [0.4, 0.5) is 0 Å². The van der Waals surface area contributed by atoms with Crippen LogP contribution in [0.15, 0.2) is 29.1 Å². The minimum absolute atomic E-state index is 0.0718. The van der Waals surface area contributed by atoms with Crippen LogP contribution in [0.5, 0.6) is 0 Å². The van der Waals surface area contributed by atoms with Crippen LogP contribution < -0.4 is 5.56 Å². The second kappa shape index (κ2) is 4.66. The lowest BCUT2D eigenvalue weighted by atomic mass is 10.00. The lowest BCUT2D eigenvalue weighted by Gasteiger charge is -2.12. The molecular weight excluding hydrogens is 224 g/mol. The van der Waals surface area contributed by atoms with Crippen molar-refractivity contribution in [3.8, 4) is 6.07 Å². The standard InChI is InChI=1S/C15H16N2O/c1-4-11-6-5-7-12-8-13(10(2)9-16)15(18)17(3)14(11)12/h5-8,10H,4H2,1-3H3. The van der Waals surface area contributed by atoms with Gasteiger partial charge in [0.05, 0.1) is 17.5 Å². The SMILES string of the molecule is CCc1cccc2cc(C(C)C#N)c(=O)n(C)c12. The first-order valence-electron chi connectivity index (χ1n) is 6.11. The maximum atomic E-state index is 12.3. The largest absolute Gasteiger partial charge is 0.311 e. The van der Waals surface area contributed by atoms with E-state index in [0.29, 0.717) is 5.56 Å². The first kappa shape index (κ1) is 12.4. The van der Waals surface area contributed by atoms with Crippen molar-refractivity contribution in [2.24, 2.45) is 7.05 Å². The minimum atomic E-state index is -0.376. The zero-order valence-corrected chi connectivity index (χ0v) is 10.9. The van der Waals surface area contributed by atoms with Gasteiger partial charge in [-0.25, -0.2) is 0 Å². The van der Waals surface area contributed by atoms with E-state index in [2.05, 4.69) is 13.0 Å². The molecule has 0 saturated carbocycles. The van der Waals surface area contributed by atoms with Crippen molar-refractivity contribution in [3.63, 3.8) is 0 Å². The summed E-state index contributed by atoms with van der Waals surface area (Å²) in [6.45, 7) is 3.83. The topological polar surface area (TPSA) is 45.8 Å². The first-order valence-corrected chi connectivity index (χ1v) is 6.11. The summed E-state index contributed by atoms with van der Waals surface area (Å²) >= 11 is 0. The van der Waals surface area contributed by atoms with Gasteiger partial charge in [0.2, 0.25) is 0 Å². The molecule has 1 unspecified atom stereocenters. The quantitative estimate of drug-likeness (QED) is 0.810. The molecule has 0 aliphatic heterocycles. The van der Waals surface area contributed by atoms with E-state index >= 15 is 0 Å². The van der Waals surface area contributed by atoms with E-state index in [0.717, 1.165) is 22.9 Å². The van der Waals surface area contributed by atoms with Gasteiger partial charge < -0.3 is 4.57 Å². The summed E-state index contributed by atoms with van der Waals surface area (Å²) < 4.78 is 1.66. The number of benzene rings is 1. The fourth-order valence-electron chi connectivity index (χ4n) is 2.33. The van der Waals surface area contributed by atoms with Crippen molar-refractivity contribution in [1.29, 1.82) is 5.26 Å². The van der Waals surface area contributed by atoms with Crippen LogP contribution in [-0.2, 0) is 13.5 Å². The molecule has 0 bridgehead atoms. The number of fused-ring (bicyclic) bond motifs is 1. The van der Waals surface area contributed by atoms with E-state index in [1.165, 1.54) is 0 Å². The Hall–Kier alpha value is -2.08. The van der Waals surface area contributed by atoms with Gasteiger partial charge in [0.15, 0.2) is 0 Å². The maximum absolute atomic E-state index is 12.3. The number of nitriles is 1. The lowest BCUT2D eigenvalue weighted by Crippen LogP contribution is -2.23. The number of hydrogen-bond acceptors (Lipinski definition) is 2. The molecule has 3 nitrogen and oxygen atoms in total. The van der Waals surface area contributed by atoms with Gasteiger partial charge >= 0.3 is 0 Å². The number of pyridine rings is 1. The minimum Gasteiger partial charge on any atom is -0.311 e. The van der Waals surface area contributed by atoms with Crippen LogP contribution in [-0.4, -0.2) is 4.57 Å². The summed E-state index contributed by atoms with van der Waals surface area (Å²) in [7, 11) is 1.78. The van der Waals surface area contributed by atoms with Crippen LogP contribution in [0.2, 0.25) is 0 Å². The van der Waals surface area contributed by atoms with Crippen LogP contribution in [0.3, 0.4) is 0 Å². The van der Waals surface area contributed by atoms with Gasteiger partial charge in [-0.2, -0.15) is 5.26 Å². The number of aryl methyl sites for hydroxylation is 2. The van der Waals surface area contributed by atoms with Gasteiger partial charge in [-0.3, -0.25) is 4.79 Å². The molecule has 2 rings (SSSR count). The first-order chi connectivity index (χ1) is 8.60. The number of para-hydroxylation sites is 1. The van der Waals surface area contributed by atoms with E-state index in [1.54, 1.807) is 18.5 Å². The van der Waals surface area contributed by atoms with Gasteiger partial charge in [-0.1, -0.05) is 25.1 Å². The Kier molecular flexibility index (Phi) is 3.20. The van der Waals surface area contributed by atoms with Gasteiger partial charge in [-0.15, -0.1) is 0 Å². The van der Waals surface area contributed by atoms with Gasteiger partial charge in [0.1, 0.15) is 0 Å². The predicted octanol–water partition coefficient (Wildman–Crippen LogP) is 2.73. The van der Waals surface area contributed by atoms with E-state index in [-0.39, 0.29) is 11.5 Å². The summed E-state index contributed by atoms with van der Waals surface area (Å²) in [4.78, 5) is 12.3. The molecule has 0 fully saturated rings. The molecule has 0 aliphatic rings. The average molecular weight is 240 g/mol. The fraction of sp³-hybridized carbons (Fsp3) is 0.333. The second-order valence-electron chi connectivity index (χ2n) is 4.52. The van der Waals surface area contributed by atoms with Crippen LogP contribution >= 0.6 is 0 Å². The summed E-state index contributed by atoms with van der Waals surface area (Å²) in [6.07, 6.45) is 0.887. The summed E-state index contributed by atoms with van der Waals surface area (Å²) in [5, 5.41) is 10.0. The molecule has 1 atom stereocenters. The van der Waals surface area contributed by atoms with E-state index in [9.17, 15) is 4.79 Å². The van der Waals surface area contributed by atoms with Gasteiger partial charge in [0, 0.05) is 12.6 Å². The summed E-state index contributed by atoms with van der Waals surface area (Å²) in [6, 6.07) is 10.00. The van der Waals surface area contributed by atoms with Crippen molar-refractivity contribution in [3.05, 3.63) is 45.7 Å². The van der Waals surface area contributed by atoms with E-state index in [1.807, 2.05) is 24.3 Å². The molecule has 0 radical (unpaired) electrons. The Labute approximate surface area is 106 Å². The third-order valence-electron chi connectivity index (χ3n) is 3.39. The van der Waals surface area contributed by atoms with Crippen molar-refractivity contribution in [2.45, 2.75) is 26.2 Å². The molecule has 0 spiro atoms. The Balaban J connectivity index is 2.88. The Morgan fingerprint density at radius 1 is 1.44 bits per heavy atom. The van der Waals surface area contributed by atoms with Crippen molar-refractivity contribution in [2.75, 3.05) is 0 Å². The summed E-state index contributed by atoms with van der Waals surface area (Å²) in [5.74, 6) is -0.376. The fourth-order valence-corrected chi connectivity index (χ4v) is 2.33. The van der Waals surface area contributed by atoms with E-state index in [4.69, 9.17) is 5.26 Å². The van der Waals surface area contributed by atoms with Gasteiger partial charge in [0.25, 0.3) is 5.56 Å². The predicted molar refractivity (Wildman–Crippen MR) is 72.6 cm³/mol. The molecule has 0 amide bonds. The number of hydrogen-bond donors (Lipinski definition) is 0. The Morgan fingerprint density at radius 3 is 2.78 bits per heavy atom. The number of aromatic nitrogens is 1. The molecule has 0 saturated heterocycles. The highest BCUT2D eigenvalue weighted by molar-refractivity contribution is 5.83. The Bertz CT molecular complexity index is 692. The lowest BCUT2D eigenvalue weighted by molar-refractivity contribution is 0.845. The molecule has 92 valence electrons. The van der Waals surface area contributed by atoms with Crippen molar-refractivity contribution >= 4 is 10.9 Å². The number of rotatable bonds is 2. The van der Waals surface area contributed by atoms with Crippen LogP contribution in [0, 0.1) is 11.3 Å². The molecule has 3 heteroatoms. The third kappa shape index (κ3) is 1.80. The Morgan fingerprint density at radius 2 is 2.17 bits per heavy atom. The molecule has 1 aromatic carbocycles. The molecule has 1 aromatic heterocycles. The van der Waals surface area contributed by atoms with Crippen molar-refractivity contribution in [1.82, 2.24) is 4.57 Å². The monoisotopic (exact) mass is 240 g/mol. The van der Waals surface area contributed by atoms with Crippen molar-refractivity contribution < 1.29 is 0 Å². The normalized spacial score (nSPS) is 12.3. The molecular formula is C15H16N2O. The van der Waals surface area contributed by atoms with Crippen LogP contribution in [0.1, 0.15) is 30.9 Å². The molecule has 0 N–H and O–H groups in total. The highest BCUT2D eigenvalue weighted by atomic mass is 16.1. The average Bonchev–Trinajstić information content (AvgIpc) is 2.41. The zero-order chi connectivity index (χ0) is 13.3. The second-order valence-corrected chi connectivity index (χ2v) is 4.52. The smallest absolute Gasteiger partial charge is 0.255 e. The van der Waals surface area contributed by atoms with Crippen LogP contribution in [0.25, 0.3) is 10.9 Å². The molecule has 0 aliphatic carbocycles. The van der Waals surface area contributed by atoms with E-state index < -0.39 is 0 Å².